The van der Waals surface area contributed by atoms with Crippen molar-refractivity contribution in [3.8, 4) is 0 Å². The van der Waals surface area contributed by atoms with Gasteiger partial charge in [-0.1, -0.05) is 0 Å². The summed E-state index contributed by atoms with van der Waals surface area (Å²) in [6, 6.07) is 3.92. The zero-order valence-electron chi connectivity index (χ0n) is 12.4. The Labute approximate surface area is 137 Å². The Kier molecular flexibility index (Phi) is 3.11. The molecule has 0 aromatic carbocycles. The zero-order valence-corrected chi connectivity index (χ0v) is 14.0. The number of carbonyl (C=O) groups excluding carboxylic acids is 1. The molecule has 0 radical (unpaired) electrons. The van der Waals surface area contributed by atoms with Gasteiger partial charge in [-0.3, -0.25) is 9.79 Å². The first kappa shape index (κ1) is 13.9. The van der Waals surface area contributed by atoms with Gasteiger partial charge in [0.25, 0.3) is 0 Å². The van der Waals surface area contributed by atoms with Crippen LogP contribution in [0.3, 0.4) is 0 Å². The van der Waals surface area contributed by atoms with E-state index in [9.17, 15) is 4.79 Å². The molecule has 0 spiro atoms. The van der Waals surface area contributed by atoms with Crippen LogP contribution in [0.1, 0.15) is 19.3 Å². The molecule has 2 aromatic rings. The molecule has 6 heteroatoms. The molecule has 0 unspecified atom stereocenters. The number of fused-ring (bicyclic) bond motifs is 1. The van der Waals surface area contributed by atoms with E-state index in [1.54, 1.807) is 17.8 Å². The number of amides is 1. The van der Waals surface area contributed by atoms with Gasteiger partial charge in [0, 0.05) is 36.7 Å². The van der Waals surface area contributed by atoms with Crippen molar-refractivity contribution in [2.75, 3.05) is 18.5 Å². The van der Waals surface area contributed by atoms with E-state index in [0.717, 1.165) is 41.5 Å². The van der Waals surface area contributed by atoms with Gasteiger partial charge < -0.3 is 4.90 Å². The smallest absolute Gasteiger partial charge is 0.239 e. The molecule has 114 valence electrons. The third kappa shape index (κ3) is 1.93. The number of rotatable bonds is 3. The molecular formula is C16H17BrN4O. The molecule has 0 N–H and O–H groups in total. The Morgan fingerprint density at radius 3 is 3.05 bits per heavy atom. The zero-order chi connectivity index (χ0) is 15.3. The number of carbonyl (C=O) groups is 1. The molecule has 5 nitrogen and oxygen atoms in total. The van der Waals surface area contributed by atoms with Crippen LogP contribution in [0.2, 0.25) is 0 Å². The highest BCUT2D eigenvalue weighted by molar-refractivity contribution is 9.10. The summed E-state index contributed by atoms with van der Waals surface area (Å²) >= 11 is 3.48. The van der Waals surface area contributed by atoms with Crippen molar-refractivity contribution < 1.29 is 4.79 Å². The van der Waals surface area contributed by atoms with E-state index < -0.39 is 5.41 Å². The highest BCUT2D eigenvalue weighted by Gasteiger charge is 2.55. The highest BCUT2D eigenvalue weighted by atomic mass is 79.9. The molecule has 4 rings (SSSR count). The Hall–Kier alpha value is -1.69. The molecule has 1 saturated heterocycles. The lowest BCUT2D eigenvalue weighted by Crippen LogP contribution is -2.37. The minimum atomic E-state index is -0.390. The molecule has 1 amide bonds. The van der Waals surface area contributed by atoms with Crippen LogP contribution in [0.5, 0.6) is 0 Å². The Morgan fingerprint density at radius 2 is 2.32 bits per heavy atom. The molecule has 1 atom stereocenters. The summed E-state index contributed by atoms with van der Waals surface area (Å²) in [5.41, 5.74) is 1.49. The van der Waals surface area contributed by atoms with Crippen molar-refractivity contribution in [1.82, 2.24) is 9.61 Å². The van der Waals surface area contributed by atoms with Gasteiger partial charge in [-0.2, -0.15) is 5.10 Å². The molecule has 1 aliphatic heterocycles. The Morgan fingerprint density at radius 1 is 1.50 bits per heavy atom. The normalized spacial score (nSPS) is 25.7. The minimum Gasteiger partial charge on any atom is -0.309 e. The number of hydrogen-bond acceptors (Lipinski definition) is 3. The molecule has 0 bridgehead atoms. The third-order valence-electron chi connectivity index (χ3n) is 4.80. The first-order valence-corrected chi connectivity index (χ1v) is 8.33. The van der Waals surface area contributed by atoms with Gasteiger partial charge in [0.05, 0.1) is 16.6 Å². The quantitative estimate of drug-likeness (QED) is 0.790. The Balaban J connectivity index is 1.78. The van der Waals surface area contributed by atoms with Gasteiger partial charge in [-0.25, -0.2) is 4.52 Å². The summed E-state index contributed by atoms with van der Waals surface area (Å²) < 4.78 is 2.76. The van der Waals surface area contributed by atoms with E-state index >= 15 is 0 Å². The lowest BCUT2D eigenvalue weighted by atomic mass is 9.82. The van der Waals surface area contributed by atoms with Gasteiger partial charge in [-0.15, -0.1) is 0 Å². The molecule has 1 saturated carbocycles. The molecule has 22 heavy (non-hydrogen) atoms. The second-order valence-corrected chi connectivity index (χ2v) is 7.03. The molecule has 1 aliphatic carbocycles. The van der Waals surface area contributed by atoms with Crippen LogP contribution in [0.15, 0.2) is 34.0 Å². The maximum Gasteiger partial charge on any atom is 0.239 e. The summed E-state index contributed by atoms with van der Waals surface area (Å²) in [4.78, 5) is 19.2. The van der Waals surface area contributed by atoms with Crippen molar-refractivity contribution >= 4 is 39.3 Å². The number of halogens is 1. The van der Waals surface area contributed by atoms with Crippen molar-refractivity contribution in [2.24, 2.45) is 16.3 Å². The van der Waals surface area contributed by atoms with Gasteiger partial charge >= 0.3 is 0 Å². The number of aromatic nitrogens is 2. The fourth-order valence-electron chi connectivity index (χ4n) is 3.62. The first-order chi connectivity index (χ1) is 10.7. The number of aliphatic imine (C=N–C) groups is 1. The number of anilines is 1. The number of nitrogens with zero attached hydrogens (tertiary/aromatic N) is 4. The van der Waals surface area contributed by atoms with Crippen molar-refractivity contribution in [3.63, 3.8) is 0 Å². The second-order valence-electron chi connectivity index (χ2n) is 6.11. The summed E-state index contributed by atoms with van der Waals surface area (Å²) in [5, 5.41) is 4.30. The molecule has 3 heterocycles. The van der Waals surface area contributed by atoms with E-state index in [4.69, 9.17) is 0 Å². The van der Waals surface area contributed by atoms with Gasteiger partial charge in [0.2, 0.25) is 5.91 Å². The summed E-state index contributed by atoms with van der Waals surface area (Å²) in [5.74, 6) is 0.649. The molecule has 2 fully saturated rings. The monoisotopic (exact) mass is 360 g/mol. The average molecular weight is 361 g/mol. The minimum absolute atomic E-state index is 0.186. The van der Waals surface area contributed by atoms with Crippen molar-refractivity contribution in [1.29, 1.82) is 0 Å². The topological polar surface area (TPSA) is 50.0 Å². The summed E-state index contributed by atoms with van der Waals surface area (Å²) in [6.45, 7) is 0.740. The lowest BCUT2D eigenvalue weighted by molar-refractivity contribution is -0.123. The lowest BCUT2D eigenvalue weighted by Gasteiger charge is -2.24. The van der Waals surface area contributed by atoms with Crippen molar-refractivity contribution in [2.45, 2.75) is 19.3 Å². The number of hydrogen-bond donors (Lipinski definition) is 0. The average Bonchev–Trinajstić information content (AvgIpc) is 3.21. The maximum absolute atomic E-state index is 13.1. The van der Waals surface area contributed by atoms with E-state index in [2.05, 4.69) is 26.0 Å². The fraction of sp³-hybridized carbons (Fsp3) is 0.438. The Bertz CT molecular complexity index is 780. The molecule has 2 aromatic heterocycles. The van der Waals surface area contributed by atoms with Crippen LogP contribution < -0.4 is 4.90 Å². The van der Waals surface area contributed by atoms with E-state index in [-0.39, 0.29) is 5.91 Å². The fourth-order valence-corrected chi connectivity index (χ4v) is 4.03. The SMILES string of the molecule is CN=C[C@]1(C2CC2)CCN(c2ccnn3cc(Br)cc23)C1=O. The van der Waals surface area contributed by atoms with E-state index in [1.165, 1.54) is 0 Å². The van der Waals surface area contributed by atoms with Crippen LogP contribution in [-0.4, -0.2) is 35.3 Å². The van der Waals surface area contributed by atoms with Gasteiger partial charge in [0.1, 0.15) is 0 Å². The predicted octanol–water partition coefficient (Wildman–Crippen LogP) is 2.93. The van der Waals surface area contributed by atoms with Crippen LogP contribution in [0, 0.1) is 11.3 Å². The summed E-state index contributed by atoms with van der Waals surface area (Å²) in [7, 11) is 1.76. The van der Waals surface area contributed by atoms with E-state index in [0.29, 0.717) is 5.92 Å². The van der Waals surface area contributed by atoms with Crippen LogP contribution >= 0.6 is 15.9 Å². The van der Waals surface area contributed by atoms with Crippen LogP contribution in [-0.2, 0) is 4.79 Å². The standard InChI is InChI=1S/C16H17BrN4O/c1-18-10-16(11-2-3-11)5-7-20(15(16)22)13-4-6-19-21-9-12(17)8-14(13)21/h4,6,8-11H,2-3,5,7H2,1H3/t16-/m0/s1. The first-order valence-electron chi connectivity index (χ1n) is 7.54. The second kappa shape index (κ2) is 4.91. The third-order valence-corrected chi connectivity index (χ3v) is 5.24. The summed E-state index contributed by atoms with van der Waals surface area (Å²) in [6.07, 6.45) is 8.65. The largest absolute Gasteiger partial charge is 0.309 e. The maximum atomic E-state index is 13.1. The van der Waals surface area contributed by atoms with Gasteiger partial charge in [0.15, 0.2) is 0 Å². The van der Waals surface area contributed by atoms with E-state index in [1.807, 2.05) is 29.4 Å². The van der Waals surface area contributed by atoms with Gasteiger partial charge in [-0.05, 0) is 53.2 Å². The predicted molar refractivity (Wildman–Crippen MR) is 89.4 cm³/mol. The highest BCUT2D eigenvalue weighted by Crippen LogP contribution is 2.51. The van der Waals surface area contributed by atoms with Crippen LogP contribution in [0.4, 0.5) is 5.69 Å². The van der Waals surface area contributed by atoms with Crippen LogP contribution in [0.25, 0.3) is 5.52 Å². The molecule has 2 aliphatic rings. The molecular weight excluding hydrogens is 344 g/mol. The van der Waals surface area contributed by atoms with Crippen molar-refractivity contribution in [3.05, 3.63) is 29.0 Å².